The maximum absolute atomic E-state index is 6.38. The summed E-state index contributed by atoms with van der Waals surface area (Å²) in [6.07, 6.45) is 0. The predicted octanol–water partition coefficient (Wildman–Crippen LogP) is 7.50. The van der Waals surface area contributed by atoms with E-state index < -0.39 is 0 Å². The van der Waals surface area contributed by atoms with Crippen LogP contribution in [-0.2, 0) is 13.2 Å². The first-order chi connectivity index (χ1) is 13.5. The summed E-state index contributed by atoms with van der Waals surface area (Å²) in [6.45, 7) is 0.800. The van der Waals surface area contributed by atoms with Crippen molar-refractivity contribution < 1.29 is 9.47 Å². The van der Waals surface area contributed by atoms with E-state index in [0.29, 0.717) is 32.4 Å². The second-order valence-electron chi connectivity index (χ2n) is 6.00. The molecule has 0 aliphatic rings. The zero-order chi connectivity index (χ0) is 20.1. The number of rotatable bonds is 7. The van der Waals surface area contributed by atoms with E-state index in [2.05, 4.69) is 5.32 Å². The minimum atomic E-state index is 0.235. The third-order valence-corrected chi connectivity index (χ3v) is 5.18. The highest BCUT2D eigenvalue weighted by Crippen LogP contribution is 2.35. The van der Waals surface area contributed by atoms with Crippen LogP contribution in [0.4, 0.5) is 5.69 Å². The Morgan fingerprint density at radius 2 is 1.50 bits per heavy atom. The second kappa shape index (κ2) is 9.62. The van der Waals surface area contributed by atoms with Gasteiger partial charge in [0.1, 0.15) is 12.4 Å². The molecule has 28 heavy (non-hydrogen) atoms. The average molecular weight is 457 g/mol. The summed E-state index contributed by atoms with van der Waals surface area (Å²) in [4.78, 5) is 0. The molecule has 0 aromatic heterocycles. The molecule has 0 amide bonds. The highest BCUT2D eigenvalue weighted by Gasteiger charge is 2.11. The van der Waals surface area contributed by atoms with Crippen molar-refractivity contribution in [3.8, 4) is 11.5 Å². The zero-order valence-electron chi connectivity index (χ0n) is 14.9. The summed E-state index contributed by atoms with van der Waals surface area (Å²) in [7, 11) is 1.64. The Kier molecular flexibility index (Phi) is 7.19. The fraction of sp³-hybridized carbons (Fsp3) is 0.143. The van der Waals surface area contributed by atoms with Gasteiger partial charge < -0.3 is 14.8 Å². The van der Waals surface area contributed by atoms with Crippen molar-refractivity contribution in [2.45, 2.75) is 13.2 Å². The van der Waals surface area contributed by atoms with Gasteiger partial charge in [-0.1, -0.05) is 52.5 Å². The van der Waals surface area contributed by atoms with E-state index in [4.69, 9.17) is 55.9 Å². The van der Waals surface area contributed by atoms with Gasteiger partial charge in [0.2, 0.25) is 0 Å². The van der Waals surface area contributed by atoms with Gasteiger partial charge in [0.15, 0.2) is 5.75 Å². The lowest BCUT2D eigenvalue weighted by molar-refractivity contribution is 0.306. The molecule has 146 valence electrons. The fourth-order valence-electron chi connectivity index (χ4n) is 2.55. The number of anilines is 1. The average Bonchev–Trinajstić information content (AvgIpc) is 2.67. The van der Waals surface area contributed by atoms with Crippen LogP contribution >= 0.6 is 46.4 Å². The number of methoxy groups -OCH3 is 1. The SMILES string of the molecule is COc1ccc(NCc2cc(Cl)c(OCc3ccc(Cl)cc3Cl)c(Cl)c2)cc1. The van der Waals surface area contributed by atoms with Crippen LogP contribution in [0.3, 0.4) is 0 Å². The van der Waals surface area contributed by atoms with E-state index >= 15 is 0 Å². The van der Waals surface area contributed by atoms with Crippen molar-refractivity contribution in [3.63, 3.8) is 0 Å². The third kappa shape index (κ3) is 5.39. The Morgan fingerprint density at radius 1 is 0.821 bits per heavy atom. The standard InChI is InChI=1S/C21H17Cl4NO2/c1-27-17-6-4-16(5-7-17)26-11-13-8-19(24)21(20(25)9-13)28-12-14-2-3-15(22)10-18(14)23/h2-10,26H,11-12H2,1H3. The molecule has 0 saturated carbocycles. The number of ether oxygens (including phenoxy) is 2. The largest absolute Gasteiger partial charge is 0.497 e. The monoisotopic (exact) mass is 455 g/mol. The summed E-state index contributed by atoms with van der Waals surface area (Å²) in [6, 6.07) is 16.5. The van der Waals surface area contributed by atoms with Gasteiger partial charge in [-0.3, -0.25) is 0 Å². The number of nitrogens with one attached hydrogen (secondary N) is 1. The maximum atomic E-state index is 6.38. The molecule has 3 aromatic carbocycles. The zero-order valence-corrected chi connectivity index (χ0v) is 18.0. The van der Waals surface area contributed by atoms with Crippen LogP contribution in [0.5, 0.6) is 11.5 Å². The number of hydrogen-bond donors (Lipinski definition) is 1. The molecule has 0 aliphatic heterocycles. The maximum Gasteiger partial charge on any atom is 0.156 e. The molecule has 0 fully saturated rings. The minimum Gasteiger partial charge on any atom is -0.497 e. The lowest BCUT2D eigenvalue weighted by Gasteiger charge is -2.14. The van der Waals surface area contributed by atoms with E-state index in [1.54, 1.807) is 25.3 Å². The van der Waals surface area contributed by atoms with Gasteiger partial charge in [0, 0.05) is 27.8 Å². The highest BCUT2D eigenvalue weighted by atomic mass is 35.5. The summed E-state index contributed by atoms with van der Waals surface area (Å²) in [5.74, 6) is 1.22. The highest BCUT2D eigenvalue weighted by molar-refractivity contribution is 6.37. The molecule has 7 heteroatoms. The van der Waals surface area contributed by atoms with Gasteiger partial charge in [-0.15, -0.1) is 0 Å². The van der Waals surface area contributed by atoms with Gasteiger partial charge in [0.05, 0.1) is 17.2 Å². The van der Waals surface area contributed by atoms with Crippen molar-refractivity contribution >= 4 is 52.1 Å². The lowest BCUT2D eigenvalue weighted by Crippen LogP contribution is -2.01. The third-order valence-electron chi connectivity index (χ3n) is 4.03. The van der Waals surface area contributed by atoms with Crippen molar-refractivity contribution in [2.75, 3.05) is 12.4 Å². The number of benzene rings is 3. The molecule has 0 heterocycles. The molecule has 0 atom stereocenters. The molecule has 0 unspecified atom stereocenters. The first-order valence-electron chi connectivity index (χ1n) is 8.39. The predicted molar refractivity (Wildman–Crippen MR) is 118 cm³/mol. The van der Waals surface area contributed by atoms with Gasteiger partial charge in [-0.25, -0.2) is 0 Å². The Balaban J connectivity index is 1.66. The molecule has 0 saturated heterocycles. The van der Waals surface area contributed by atoms with Crippen molar-refractivity contribution in [3.05, 3.63) is 85.8 Å². The van der Waals surface area contributed by atoms with E-state index in [1.807, 2.05) is 36.4 Å². The first kappa shape index (κ1) is 20.9. The Hall–Kier alpha value is -1.78. The van der Waals surface area contributed by atoms with E-state index in [0.717, 1.165) is 22.6 Å². The molecular weight excluding hydrogens is 440 g/mol. The Morgan fingerprint density at radius 3 is 2.11 bits per heavy atom. The van der Waals surface area contributed by atoms with E-state index in [9.17, 15) is 0 Å². The van der Waals surface area contributed by atoms with Gasteiger partial charge in [-0.2, -0.15) is 0 Å². The van der Waals surface area contributed by atoms with Gasteiger partial charge >= 0.3 is 0 Å². The van der Waals surface area contributed by atoms with Crippen molar-refractivity contribution in [1.29, 1.82) is 0 Å². The molecule has 1 N–H and O–H groups in total. The van der Waals surface area contributed by atoms with Crippen LogP contribution in [0, 0.1) is 0 Å². The molecule has 0 radical (unpaired) electrons. The summed E-state index contributed by atoms with van der Waals surface area (Å²) >= 11 is 24.8. The lowest BCUT2D eigenvalue weighted by atomic mass is 10.2. The Labute approximate surface area is 184 Å². The summed E-state index contributed by atoms with van der Waals surface area (Å²) in [5, 5.41) is 5.28. The van der Waals surface area contributed by atoms with Crippen LogP contribution in [0.15, 0.2) is 54.6 Å². The quantitative estimate of drug-likeness (QED) is 0.399. The first-order valence-corrected chi connectivity index (χ1v) is 9.90. The number of hydrogen-bond acceptors (Lipinski definition) is 3. The summed E-state index contributed by atoms with van der Waals surface area (Å²) < 4.78 is 10.9. The normalized spacial score (nSPS) is 10.6. The topological polar surface area (TPSA) is 30.5 Å². The van der Waals surface area contributed by atoms with Gasteiger partial charge in [0.25, 0.3) is 0 Å². The van der Waals surface area contributed by atoms with E-state index in [-0.39, 0.29) is 6.61 Å². The van der Waals surface area contributed by atoms with Gasteiger partial charge in [-0.05, 0) is 54.1 Å². The van der Waals surface area contributed by atoms with Crippen LogP contribution in [0.2, 0.25) is 20.1 Å². The molecule has 0 bridgehead atoms. The van der Waals surface area contributed by atoms with Crippen molar-refractivity contribution in [2.24, 2.45) is 0 Å². The molecule has 3 rings (SSSR count). The molecule has 3 aromatic rings. The van der Waals surface area contributed by atoms with E-state index in [1.165, 1.54) is 0 Å². The summed E-state index contributed by atoms with van der Waals surface area (Å²) in [5.41, 5.74) is 2.69. The minimum absolute atomic E-state index is 0.235. The molecule has 0 aliphatic carbocycles. The molecule has 0 spiro atoms. The van der Waals surface area contributed by atoms with Crippen LogP contribution in [0.1, 0.15) is 11.1 Å². The molecular formula is C21H17Cl4NO2. The van der Waals surface area contributed by atoms with Crippen LogP contribution < -0.4 is 14.8 Å². The van der Waals surface area contributed by atoms with Crippen LogP contribution in [0.25, 0.3) is 0 Å². The Bertz CT molecular complexity index is 938. The molecule has 3 nitrogen and oxygen atoms in total. The number of halogens is 4. The van der Waals surface area contributed by atoms with Crippen LogP contribution in [-0.4, -0.2) is 7.11 Å². The van der Waals surface area contributed by atoms with Crippen molar-refractivity contribution in [1.82, 2.24) is 0 Å². The fourth-order valence-corrected chi connectivity index (χ4v) is 3.66. The second-order valence-corrected chi connectivity index (χ2v) is 7.65. The smallest absolute Gasteiger partial charge is 0.156 e.